The zero-order chi connectivity index (χ0) is 28.6. The Hall–Kier alpha value is -4.98. The number of hydrogen-bond donors (Lipinski definition) is 8. The van der Waals surface area contributed by atoms with Crippen LogP contribution in [0.1, 0.15) is 23.9 Å². The highest BCUT2D eigenvalue weighted by Crippen LogP contribution is 2.19. The van der Waals surface area contributed by atoms with Gasteiger partial charge in [-0.2, -0.15) is 0 Å². The van der Waals surface area contributed by atoms with E-state index in [-0.39, 0.29) is 19.3 Å². The minimum atomic E-state index is -1.22. The van der Waals surface area contributed by atoms with E-state index in [1.54, 1.807) is 12.4 Å². The number of amides is 3. The zero-order valence-electron chi connectivity index (χ0n) is 21.7. The highest BCUT2D eigenvalue weighted by atomic mass is 16.4. The lowest BCUT2D eigenvalue weighted by atomic mass is 10.0. The summed E-state index contributed by atoms with van der Waals surface area (Å²) in [4.78, 5) is 67.8. The lowest BCUT2D eigenvalue weighted by molar-refractivity contribution is -0.141. The Morgan fingerprint density at radius 1 is 0.850 bits per heavy atom. The van der Waals surface area contributed by atoms with E-state index in [0.29, 0.717) is 11.4 Å². The minimum Gasteiger partial charge on any atom is -0.480 e. The molecule has 4 rings (SSSR count). The fourth-order valence-corrected chi connectivity index (χ4v) is 4.21. The molecule has 0 bridgehead atoms. The zero-order valence-corrected chi connectivity index (χ0v) is 21.7. The smallest absolute Gasteiger partial charge is 0.325 e. The number of imidazole rings is 2. The van der Waals surface area contributed by atoms with Gasteiger partial charge in [0, 0.05) is 60.1 Å². The van der Waals surface area contributed by atoms with Crippen molar-refractivity contribution in [1.82, 2.24) is 40.9 Å². The number of aromatic nitrogens is 5. The van der Waals surface area contributed by atoms with Crippen molar-refractivity contribution >= 4 is 34.6 Å². The largest absolute Gasteiger partial charge is 0.480 e. The van der Waals surface area contributed by atoms with Crippen LogP contribution in [0.25, 0.3) is 10.9 Å². The number of carbonyl (C=O) groups excluding carboxylic acids is 3. The van der Waals surface area contributed by atoms with Crippen LogP contribution >= 0.6 is 0 Å². The van der Waals surface area contributed by atoms with E-state index in [9.17, 15) is 24.3 Å². The minimum absolute atomic E-state index is 0.0430. The van der Waals surface area contributed by atoms with Gasteiger partial charge in [0.05, 0.1) is 18.7 Å². The van der Waals surface area contributed by atoms with Crippen molar-refractivity contribution in [3.05, 3.63) is 72.5 Å². The number of nitrogens with one attached hydrogen (secondary N) is 6. The van der Waals surface area contributed by atoms with E-state index in [1.165, 1.54) is 25.8 Å². The summed E-state index contributed by atoms with van der Waals surface area (Å²) < 4.78 is 0. The summed E-state index contributed by atoms with van der Waals surface area (Å²) >= 11 is 0. The molecule has 210 valence electrons. The van der Waals surface area contributed by atoms with E-state index in [1.807, 2.05) is 24.3 Å². The summed E-state index contributed by atoms with van der Waals surface area (Å²) in [6.07, 6.45) is 7.99. The third kappa shape index (κ3) is 7.11. The summed E-state index contributed by atoms with van der Waals surface area (Å²) in [6.45, 7) is 1.33. The van der Waals surface area contributed by atoms with Gasteiger partial charge < -0.3 is 41.7 Å². The molecule has 3 amide bonds. The lowest BCUT2D eigenvalue weighted by Gasteiger charge is -2.24. The standard InChI is InChI=1S/C26H31N9O5/c1-14(26(39)40)33-24(37)21(6-15-9-30-20-5-3-2-4-18(15)20)35-25(38)22(8-17-11-29-13-32-17)34-23(36)19(27)7-16-10-28-12-31-16/h2-5,9-14,19,21-22,30H,6-8,27H2,1H3,(H,28,31)(H,29,32)(H,33,37)(H,34,36)(H,35,38)(H,39,40). The number of aromatic amines is 3. The van der Waals surface area contributed by atoms with Crippen LogP contribution in [-0.2, 0) is 38.4 Å². The van der Waals surface area contributed by atoms with Gasteiger partial charge >= 0.3 is 5.97 Å². The fraction of sp³-hybridized carbons (Fsp3) is 0.308. The normalized spacial score (nSPS) is 14.2. The van der Waals surface area contributed by atoms with Gasteiger partial charge in [0.1, 0.15) is 18.1 Å². The van der Waals surface area contributed by atoms with Gasteiger partial charge in [0.25, 0.3) is 0 Å². The molecule has 0 aliphatic carbocycles. The summed E-state index contributed by atoms with van der Waals surface area (Å²) in [5.74, 6) is -3.14. The SMILES string of the molecule is CC(NC(=O)C(Cc1c[nH]c2ccccc12)NC(=O)C(Cc1cnc[nH]1)NC(=O)C(N)Cc1cnc[nH]1)C(=O)O. The number of H-pyrrole nitrogens is 3. The molecule has 0 fully saturated rings. The highest BCUT2D eigenvalue weighted by Gasteiger charge is 2.30. The van der Waals surface area contributed by atoms with Gasteiger partial charge in [-0.15, -0.1) is 0 Å². The first-order valence-electron chi connectivity index (χ1n) is 12.6. The van der Waals surface area contributed by atoms with Crippen molar-refractivity contribution in [3.63, 3.8) is 0 Å². The van der Waals surface area contributed by atoms with Crippen LogP contribution in [-0.4, -0.2) is 77.9 Å². The Kier molecular flexibility index (Phi) is 8.91. The topological polar surface area (TPSA) is 224 Å². The van der Waals surface area contributed by atoms with E-state index in [2.05, 4.69) is 40.9 Å². The number of benzene rings is 1. The molecule has 40 heavy (non-hydrogen) atoms. The molecule has 0 aliphatic heterocycles. The van der Waals surface area contributed by atoms with Gasteiger partial charge in [0.2, 0.25) is 17.7 Å². The molecule has 0 aliphatic rings. The molecule has 0 saturated carbocycles. The van der Waals surface area contributed by atoms with Crippen molar-refractivity contribution in [1.29, 1.82) is 0 Å². The Bertz CT molecular complexity index is 1450. The van der Waals surface area contributed by atoms with Crippen molar-refractivity contribution in [2.75, 3.05) is 0 Å². The Morgan fingerprint density at radius 2 is 1.45 bits per heavy atom. The van der Waals surface area contributed by atoms with Crippen LogP contribution in [0.4, 0.5) is 0 Å². The molecule has 4 unspecified atom stereocenters. The molecule has 3 aromatic heterocycles. The molecular formula is C26H31N9O5. The van der Waals surface area contributed by atoms with Crippen LogP contribution in [0.15, 0.2) is 55.5 Å². The van der Waals surface area contributed by atoms with Gasteiger partial charge in [-0.05, 0) is 18.6 Å². The average Bonchev–Trinajstić information content (AvgIpc) is 3.71. The number of nitrogens with two attached hydrogens (primary N) is 1. The molecule has 9 N–H and O–H groups in total. The summed E-state index contributed by atoms with van der Waals surface area (Å²) in [5.41, 5.74) is 8.88. The number of rotatable bonds is 13. The first-order chi connectivity index (χ1) is 19.2. The Balaban J connectivity index is 1.54. The summed E-state index contributed by atoms with van der Waals surface area (Å²) in [5, 5.41) is 17.9. The van der Waals surface area contributed by atoms with Crippen LogP contribution in [0.2, 0.25) is 0 Å². The van der Waals surface area contributed by atoms with E-state index in [0.717, 1.165) is 16.5 Å². The maximum Gasteiger partial charge on any atom is 0.325 e. The number of carbonyl (C=O) groups is 4. The molecular weight excluding hydrogens is 518 g/mol. The van der Waals surface area contributed by atoms with E-state index >= 15 is 0 Å². The number of carboxylic acid groups (broad SMARTS) is 1. The summed E-state index contributed by atoms with van der Waals surface area (Å²) in [6, 6.07) is 3.05. The van der Waals surface area contributed by atoms with Gasteiger partial charge in [-0.1, -0.05) is 18.2 Å². The third-order valence-corrected chi connectivity index (χ3v) is 6.40. The molecule has 14 heteroatoms. The Labute approximate surface area is 228 Å². The second-order valence-electron chi connectivity index (χ2n) is 9.42. The number of nitrogens with zero attached hydrogens (tertiary/aromatic N) is 2. The van der Waals surface area contributed by atoms with Gasteiger partial charge in [0.15, 0.2) is 0 Å². The monoisotopic (exact) mass is 549 g/mol. The number of para-hydroxylation sites is 1. The molecule has 4 aromatic rings. The first-order valence-corrected chi connectivity index (χ1v) is 12.6. The number of hydrogen-bond acceptors (Lipinski definition) is 7. The van der Waals surface area contributed by atoms with Gasteiger partial charge in [-0.25, -0.2) is 9.97 Å². The quantitative estimate of drug-likeness (QED) is 0.109. The predicted molar refractivity (Wildman–Crippen MR) is 144 cm³/mol. The third-order valence-electron chi connectivity index (χ3n) is 6.40. The second kappa shape index (κ2) is 12.7. The van der Waals surface area contributed by atoms with Crippen LogP contribution < -0.4 is 21.7 Å². The number of carboxylic acids is 1. The first kappa shape index (κ1) is 28.0. The molecule has 3 heterocycles. The molecule has 0 spiro atoms. The maximum absolute atomic E-state index is 13.5. The van der Waals surface area contributed by atoms with Crippen molar-refractivity contribution < 1.29 is 24.3 Å². The average molecular weight is 550 g/mol. The molecule has 4 atom stereocenters. The fourth-order valence-electron chi connectivity index (χ4n) is 4.21. The molecule has 1 aromatic carbocycles. The molecule has 0 radical (unpaired) electrons. The summed E-state index contributed by atoms with van der Waals surface area (Å²) in [7, 11) is 0. The van der Waals surface area contributed by atoms with Gasteiger partial charge in [-0.3, -0.25) is 19.2 Å². The highest BCUT2D eigenvalue weighted by molar-refractivity contribution is 5.95. The molecule has 0 saturated heterocycles. The Morgan fingerprint density at radius 3 is 2.10 bits per heavy atom. The molecule has 14 nitrogen and oxygen atoms in total. The van der Waals surface area contributed by atoms with E-state index < -0.39 is 47.9 Å². The van der Waals surface area contributed by atoms with E-state index in [4.69, 9.17) is 5.73 Å². The van der Waals surface area contributed by atoms with Crippen molar-refractivity contribution in [2.24, 2.45) is 5.73 Å². The maximum atomic E-state index is 13.5. The lowest BCUT2D eigenvalue weighted by Crippen LogP contribution is -2.58. The van der Waals surface area contributed by atoms with Crippen LogP contribution in [0.5, 0.6) is 0 Å². The number of fused-ring (bicyclic) bond motifs is 1. The van der Waals surface area contributed by atoms with Crippen LogP contribution in [0, 0.1) is 0 Å². The predicted octanol–water partition coefficient (Wildman–Crippen LogP) is -0.472. The van der Waals surface area contributed by atoms with Crippen molar-refractivity contribution in [2.45, 2.75) is 50.4 Å². The number of aliphatic carboxylic acids is 1. The second-order valence-corrected chi connectivity index (χ2v) is 9.42. The van der Waals surface area contributed by atoms with Crippen molar-refractivity contribution in [3.8, 4) is 0 Å². The van der Waals surface area contributed by atoms with Crippen LogP contribution in [0.3, 0.4) is 0 Å².